The number of ketones is 3. The number of methoxy groups -OCH3 is 2. The SMILES string of the molecule is CCC[C@](C)(CC(=O)[C@@H]1C[C@]2(CC(c3cc(Cl)c(OC)cc3OC)=NO2)CN1C(=O)[C@@H](NC(=O)CC1CCCCC1)C(C)(C)C)C(=O)C(=O)CC1CC1. The molecule has 0 unspecified atom stereocenters. The van der Waals surface area contributed by atoms with Gasteiger partial charge in [0.1, 0.15) is 17.5 Å². The molecule has 11 nitrogen and oxygen atoms in total. The van der Waals surface area contributed by atoms with Crippen LogP contribution in [0.25, 0.3) is 0 Å². The summed E-state index contributed by atoms with van der Waals surface area (Å²) in [6.45, 7) is 9.36. The van der Waals surface area contributed by atoms with Crippen LogP contribution in [0.4, 0.5) is 0 Å². The molecule has 5 rings (SSSR count). The fraction of sp³-hybridized carbons (Fsp3) is 0.707. The van der Waals surface area contributed by atoms with E-state index in [2.05, 4.69) is 10.5 Å². The fourth-order valence-electron chi connectivity index (χ4n) is 8.45. The number of ether oxygens (including phenoxy) is 2. The second-order valence-corrected chi connectivity index (χ2v) is 17.7. The zero-order valence-corrected chi connectivity index (χ0v) is 33.4. The van der Waals surface area contributed by atoms with Gasteiger partial charge in [-0.25, -0.2) is 0 Å². The normalized spacial score (nSPS) is 23.5. The van der Waals surface area contributed by atoms with Gasteiger partial charge < -0.3 is 24.5 Å². The quantitative estimate of drug-likeness (QED) is 0.178. The molecule has 3 fully saturated rings. The van der Waals surface area contributed by atoms with Gasteiger partial charge in [-0.1, -0.05) is 77.1 Å². The standard InChI is InChI=1S/C41H58ClN3O8/c1-8-16-40(5,37(49)31(46)17-26-14-15-26)23-32(47)30-22-41(21-29(44-53-41)27-19-28(42)34(52-7)20-33(27)51-6)24-45(30)38(50)36(39(2,3)4)43-35(48)18-25-12-10-9-11-13-25/h19-20,25-26,30,36H,8-18,21-24H2,1-7H3,(H,43,48)/t30-,36+,40+,41+/m0/s1. The zero-order valence-electron chi connectivity index (χ0n) is 32.6. The number of oxime groups is 1. The molecule has 1 aromatic carbocycles. The van der Waals surface area contributed by atoms with Gasteiger partial charge in [0, 0.05) is 49.1 Å². The third-order valence-corrected chi connectivity index (χ3v) is 11.9. The van der Waals surface area contributed by atoms with E-state index in [1.165, 1.54) is 25.5 Å². The Morgan fingerprint density at radius 3 is 2.25 bits per heavy atom. The Hall–Kier alpha value is -3.47. The van der Waals surface area contributed by atoms with E-state index >= 15 is 0 Å². The number of benzene rings is 1. The fourth-order valence-corrected chi connectivity index (χ4v) is 8.69. The number of hydrogen-bond acceptors (Lipinski definition) is 9. The van der Waals surface area contributed by atoms with Crippen LogP contribution in [-0.4, -0.2) is 78.2 Å². The summed E-state index contributed by atoms with van der Waals surface area (Å²) >= 11 is 6.50. The van der Waals surface area contributed by atoms with E-state index in [0.717, 1.165) is 38.5 Å². The smallest absolute Gasteiger partial charge is 0.246 e. The van der Waals surface area contributed by atoms with Crippen LogP contribution in [0.1, 0.15) is 130 Å². The predicted octanol–water partition coefficient (Wildman–Crippen LogP) is 7.03. The minimum absolute atomic E-state index is 0.0333. The zero-order chi connectivity index (χ0) is 38.7. The molecule has 4 atom stereocenters. The summed E-state index contributed by atoms with van der Waals surface area (Å²) in [4.78, 5) is 77.4. The minimum atomic E-state index is -1.20. The van der Waals surface area contributed by atoms with Crippen LogP contribution in [-0.2, 0) is 28.8 Å². The van der Waals surface area contributed by atoms with Crippen molar-refractivity contribution in [1.82, 2.24) is 10.2 Å². The summed E-state index contributed by atoms with van der Waals surface area (Å²) < 4.78 is 11.0. The van der Waals surface area contributed by atoms with Crippen LogP contribution in [0.3, 0.4) is 0 Å². The Bertz CT molecular complexity index is 1610. The summed E-state index contributed by atoms with van der Waals surface area (Å²) in [5, 5.41) is 7.87. The molecule has 2 saturated carbocycles. The highest BCUT2D eigenvalue weighted by atomic mass is 35.5. The predicted molar refractivity (Wildman–Crippen MR) is 202 cm³/mol. The van der Waals surface area contributed by atoms with E-state index in [1.54, 1.807) is 19.1 Å². The lowest BCUT2D eigenvalue weighted by Crippen LogP contribution is -2.57. The van der Waals surface area contributed by atoms with Crippen LogP contribution in [0, 0.1) is 22.7 Å². The first-order valence-corrected chi connectivity index (χ1v) is 19.8. The highest BCUT2D eigenvalue weighted by Gasteiger charge is 2.56. The molecule has 0 aromatic heterocycles. The molecule has 1 N–H and O–H groups in total. The number of halogens is 1. The molecule has 292 valence electrons. The molecule has 12 heteroatoms. The van der Waals surface area contributed by atoms with Crippen LogP contribution >= 0.6 is 11.6 Å². The van der Waals surface area contributed by atoms with Crippen LogP contribution < -0.4 is 14.8 Å². The van der Waals surface area contributed by atoms with E-state index in [9.17, 15) is 24.0 Å². The molecule has 2 heterocycles. The summed E-state index contributed by atoms with van der Waals surface area (Å²) in [6, 6.07) is 1.47. The average molecular weight is 756 g/mol. The molecule has 2 aliphatic heterocycles. The van der Waals surface area contributed by atoms with Crippen molar-refractivity contribution >= 4 is 46.5 Å². The van der Waals surface area contributed by atoms with Crippen molar-refractivity contribution in [2.24, 2.45) is 27.8 Å². The Balaban J connectivity index is 1.44. The molecule has 2 amide bonds. The lowest BCUT2D eigenvalue weighted by molar-refractivity contribution is -0.147. The number of nitrogens with one attached hydrogen (secondary N) is 1. The van der Waals surface area contributed by atoms with Crippen molar-refractivity contribution in [2.45, 2.75) is 142 Å². The third kappa shape index (κ3) is 9.43. The van der Waals surface area contributed by atoms with Gasteiger partial charge >= 0.3 is 0 Å². The van der Waals surface area contributed by atoms with E-state index in [4.69, 9.17) is 25.9 Å². The van der Waals surface area contributed by atoms with Crippen molar-refractivity contribution < 1.29 is 38.3 Å². The highest BCUT2D eigenvalue weighted by Crippen LogP contribution is 2.44. The van der Waals surface area contributed by atoms with Gasteiger partial charge in [0.25, 0.3) is 0 Å². The van der Waals surface area contributed by atoms with Gasteiger partial charge in [-0.3, -0.25) is 24.0 Å². The Kier molecular flexibility index (Phi) is 12.7. The van der Waals surface area contributed by atoms with Crippen molar-refractivity contribution in [3.8, 4) is 11.5 Å². The van der Waals surface area contributed by atoms with Gasteiger partial charge in [-0.15, -0.1) is 0 Å². The maximum absolute atomic E-state index is 14.8. The van der Waals surface area contributed by atoms with Gasteiger partial charge in [0.15, 0.2) is 17.2 Å². The molecule has 4 aliphatic rings. The van der Waals surface area contributed by atoms with E-state index < -0.39 is 40.1 Å². The monoisotopic (exact) mass is 755 g/mol. The van der Waals surface area contributed by atoms with Crippen molar-refractivity contribution in [3.63, 3.8) is 0 Å². The molecular formula is C41H58ClN3O8. The summed E-state index contributed by atoms with van der Waals surface area (Å²) in [7, 11) is 3.04. The van der Waals surface area contributed by atoms with Gasteiger partial charge in [0.05, 0.1) is 37.5 Å². The molecule has 1 spiro atoms. The molecule has 1 aromatic rings. The van der Waals surface area contributed by atoms with Gasteiger partial charge in [-0.2, -0.15) is 0 Å². The van der Waals surface area contributed by atoms with Crippen LogP contribution in [0.5, 0.6) is 11.5 Å². The van der Waals surface area contributed by atoms with E-state index in [-0.39, 0.29) is 61.7 Å². The number of Topliss-reactive ketones (excluding diaryl/α,β-unsaturated/α-hetero) is 3. The van der Waals surface area contributed by atoms with Crippen molar-refractivity contribution in [2.75, 3.05) is 20.8 Å². The molecule has 0 radical (unpaired) electrons. The summed E-state index contributed by atoms with van der Waals surface area (Å²) in [6.07, 6.45) is 8.96. The van der Waals surface area contributed by atoms with Crippen molar-refractivity contribution in [1.29, 1.82) is 0 Å². The van der Waals surface area contributed by atoms with E-state index in [0.29, 0.717) is 47.1 Å². The number of carbonyl (C=O) groups excluding carboxylic acids is 5. The molecular weight excluding hydrogens is 698 g/mol. The Morgan fingerprint density at radius 1 is 0.981 bits per heavy atom. The van der Waals surface area contributed by atoms with Gasteiger partial charge in [0.2, 0.25) is 17.6 Å². The number of likely N-dealkylation sites (tertiary alicyclic amines) is 1. The number of amides is 2. The van der Waals surface area contributed by atoms with Crippen molar-refractivity contribution in [3.05, 3.63) is 22.7 Å². The lowest BCUT2D eigenvalue weighted by Gasteiger charge is -2.36. The second-order valence-electron chi connectivity index (χ2n) is 17.3. The molecule has 53 heavy (non-hydrogen) atoms. The van der Waals surface area contributed by atoms with Gasteiger partial charge in [-0.05, 0) is 55.4 Å². The lowest BCUT2D eigenvalue weighted by atomic mass is 9.73. The average Bonchev–Trinajstić information content (AvgIpc) is 3.71. The molecule has 1 saturated heterocycles. The summed E-state index contributed by atoms with van der Waals surface area (Å²) in [5.74, 6) is -0.390. The van der Waals surface area contributed by atoms with Crippen LogP contribution in [0.15, 0.2) is 17.3 Å². The highest BCUT2D eigenvalue weighted by molar-refractivity contribution is 6.39. The largest absolute Gasteiger partial charge is 0.496 e. The summed E-state index contributed by atoms with van der Waals surface area (Å²) in [5.41, 5.74) is -1.82. The Labute approximate surface area is 319 Å². The second kappa shape index (κ2) is 16.5. The maximum Gasteiger partial charge on any atom is 0.246 e. The third-order valence-electron chi connectivity index (χ3n) is 11.6. The number of hydrogen-bond donors (Lipinski definition) is 1. The first kappa shape index (κ1) is 40.7. The first-order chi connectivity index (χ1) is 25.0. The molecule has 2 aliphatic carbocycles. The number of carbonyl (C=O) groups is 5. The van der Waals surface area contributed by atoms with Crippen LogP contribution in [0.2, 0.25) is 5.02 Å². The maximum atomic E-state index is 14.8. The van der Waals surface area contributed by atoms with E-state index in [1.807, 2.05) is 27.7 Å². The molecule has 0 bridgehead atoms. The first-order valence-electron chi connectivity index (χ1n) is 19.4. The topological polar surface area (TPSA) is 141 Å². The Morgan fingerprint density at radius 2 is 1.64 bits per heavy atom. The number of nitrogens with zero attached hydrogens (tertiary/aromatic N) is 2. The number of rotatable bonds is 16. The minimum Gasteiger partial charge on any atom is -0.496 e.